The third kappa shape index (κ3) is 3.47. The summed E-state index contributed by atoms with van der Waals surface area (Å²) in [5, 5.41) is 2.08. The summed E-state index contributed by atoms with van der Waals surface area (Å²) in [6.45, 7) is 0. The Hall–Kier alpha value is -2.09. The molecule has 0 atom stereocenters. The highest BCUT2D eigenvalue weighted by molar-refractivity contribution is 8.19. The van der Waals surface area contributed by atoms with Gasteiger partial charge in [0.15, 0.2) is 6.26 Å². The highest BCUT2D eigenvalue weighted by atomic mass is 32.4. The first kappa shape index (κ1) is 15.8. The first-order chi connectivity index (χ1) is 11.2. The fourth-order valence-electron chi connectivity index (χ4n) is 2.29. The summed E-state index contributed by atoms with van der Waals surface area (Å²) in [7, 11) is 1.65. The van der Waals surface area contributed by atoms with Crippen molar-refractivity contribution in [2.24, 2.45) is 0 Å². The topological polar surface area (TPSA) is 18.5 Å². The third-order valence-electron chi connectivity index (χ3n) is 3.49. The zero-order valence-electron chi connectivity index (χ0n) is 12.8. The van der Waals surface area contributed by atoms with E-state index in [-0.39, 0.29) is 0 Å². The van der Waals surface area contributed by atoms with Gasteiger partial charge in [-0.2, -0.15) is 0 Å². The van der Waals surface area contributed by atoms with Gasteiger partial charge in [-0.15, -0.1) is 0 Å². The molecule has 0 aliphatic rings. The second-order valence-corrected chi connectivity index (χ2v) is 8.85. The van der Waals surface area contributed by atoms with Gasteiger partial charge in [-0.3, -0.25) is 0 Å². The lowest BCUT2D eigenvalue weighted by atomic mass is 10.3. The average Bonchev–Trinajstić information content (AvgIpc) is 2.64. The van der Waals surface area contributed by atoms with Crippen molar-refractivity contribution in [2.75, 3.05) is 7.11 Å². The van der Waals surface area contributed by atoms with E-state index in [0.717, 1.165) is 22.1 Å². The lowest BCUT2D eigenvalue weighted by Gasteiger charge is -2.24. The number of benzene rings is 3. The Kier molecular flexibility index (Phi) is 4.80. The average molecular weight is 340 g/mol. The minimum absolute atomic E-state index is 0.752. The van der Waals surface area contributed by atoms with Crippen LogP contribution in [0.1, 0.15) is 0 Å². The van der Waals surface area contributed by atoms with Gasteiger partial charge in [-0.05, 0) is 36.1 Å². The molecule has 4 heteroatoms. The summed E-state index contributed by atoms with van der Waals surface area (Å²) in [5.74, 6) is 1.55. The van der Waals surface area contributed by atoms with Crippen molar-refractivity contribution < 1.29 is 9.26 Å². The lowest BCUT2D eigenvalue weighted by molar-refractivity contribution is 0.414. The number of ether oxygens (including phenoxy) is 1. The van der Waals surface area contributed by atoms with Gasteiger partial charge in [0.2, 0.25) is 0 Å². The molecule has 116 valence electrons. The number of methoxy groups -OCH3 is 1. The first-order valence-corrected chi connectivity index (χ1v) is 9.99. The van der Waals surface area contributed by atoms with Crippen molar-refractivity contribution in [1.29, 1.82) is 0 Å². The Labute approximate surface area is 141 Å². The van der Waals surface area contributed by atoms with Crippen LogP contribution in [0.15, 0.2) is 84.9 Å². The summed E-state index contributed by atoms with van der Waals surface area (Å²) in [4.78, 5) is 0. The summed E-state index contributed by atoms with van der Waals surface area (Å²) < 4.78 is 11.5. The normalized spacial score (nSPS) is 11.0. The van der Waals surface area contributed by atoms with Crippen LogP contribution in [0.3, 0.4) is 0 Å². The number of hydrogen-bond acceptors (Lipinski definition) is 3. The summed E-state index contributed by atoms with van der Waals surface area (Å²) in [6, 6.07) is 27.7. The fraction of sp³-hybridized carbons (Fsp3) is 0.0526. The molecule has 0 unspecified atom stereocenters. The van der Waals surface area contributed by atoms with E-state index in [0.29, 0.717) is 0 Å². The van der Waals surface area contributed by atoms with E-state index in [2.05, 4.69) is 0 Å². The molecule has 0 aromatic heterocycles. The van der Waals surface area contributed by atoms with Crippen LogP contribution in [0.4, 0.5) is 0 Å². The Morgan fingerprint density at radius 2 is 1.09 bits per heavy atom. The quantitative estimate of drug-likeness (QED) is 0.651. The van der Waals surface area contributed by atoms with Gasteiger partial charge in [-0.25, -0.2) is 0 Å². The molecular weight excluding hydrogens is 323 g/mol. The predicted molar refractivity (Wildman–Crippen MR) is 100 cm³/mol. The standard InChI is InChI=1S/C19H17O2PS/c1-20-16-12-14-17(15-13-16)21-22(23,18-8-4-2-5-9-18)19-10-6-3-7-11-19/h2-15H,1H3. The van der Waals surface area contributed by atoms with Crippen molar-refractivity contribution >= 4 is 28.7 Å². The van der Waals surface area contributed by atoms with Crippen molar-refractivity contribution in [3.8, 4) is 11.5 Å². The molecule has 3 rings (SSSR count). The van der Waals surface area contributed by atoms with Crippen LogP contribution in [0.25, 0.3) is 0 Å². The minimum Gasteiger partial charge on any atom is -0.497 e. The van der Waals surface area contributed by atoms with Gasteiger partial charge in [0.05, 0.1) is 7.11 Å². The Balaban J connectivity index is 2.04. The van der Waals surface area contributed by atoms with Crippen LogP contribution in [0, 0.1) is 0 Å². The maximum absolute atomic E-state index is 6.34. The van der Waals surface area contributed by atoms with E-state index in [1.807, 2.05) is 84.9 Å². The molecule has 3 aromatic rings. The predicted octanol–water partition coefficient (Wildman–Crippen LogP) is 4.12. The largest absolute Gasteiger partial charge is 0.497 e. The lowest BCUT2D eigenvalue weighted by Crippen LogP contribution is -2.19. The van der Waals surface area contributed by atoms with Gasteiger partial charge < -0.3 is 9.26 Å². The molecule has 0 radical (unpaired) electrons. The smallest absolute Gasteiger partial charge is 0.171 e. The monoisotopic (exact) mass is 340 g/mol. The zero-order valence-corrected chi connectivity index (χ0v) is 14.5. The molecule has 0 fully saturated rings. The number of hydrogen-bond donors (Lipinski definition) is 0. The van der Waals surface area contributed by atoms with Gasteiger partial charge in [0.25, 0.3) is 0 Å². The molecule has 0 aliphatic carbocycles. The zero-order chi connectivity index (χ0) is 16.1. The van der Waals surface area contributed by atoms with Crippen molar-refractivity contribution in [2.45, 2.75) is 0 Å². The van der Waals surface area contributed by atoms with E-state index < -0.39 is 6.26 Å². The van der Waals surface area contributed by atoms with Crippen LogP contribution < -0.4 is 19.9 Å². The first-order valence-electron chi connectivity index (χ1n) is 7.27. The van der Waals surface area contributed by atoms with Crippen LogP contribution in [-0.4, -0.2) is 7.11 Å². The van der Waals surface area contributed by atoms with Crippen molar-refractivity contribution in [3.05, 3.63) is 84.9 Å². The minimum atomic E-state index is -2.38. The molecule has 0 saturated carbocycles. The molecule has 0 amide bonds. The molecule has 0 saturated heterocycles. The molecule has 0 spiro atoms. The van der Waals surface area contributed by atoms with Gasteiger partial charge in [-0.1, -0.05) is 60.7 Å². The maximum atomic E-state index is 6.34. The van der Waals surface area contributed by atoms with E-state index >= 15 is 0 Å². The van der Waals surface area contributed by atoms with Crippen LogP contribution in [0.5, 0.6) is 11.5 Å². The van der Waals surface area contributed by atoms with Crippen molar-refractivity contribution in [1.82, 2.24) is 0 Å². The Morgan fingerprint density at radius 3 is 1.52 bits per heavy atom. The highest BCUT2D eigenvalue weighted by Gasteiger charge is 2.24. The van der Waals surface area contributed by atoms with E-state index in [9.17, 15) is 0 Å². The van der Waals surface area contributed by atoms with E-state index in [1.165, 1.54) is 0 Å². The summed E-state index contributed by atoms with van der Waals surface area (Å²) >= 11 is 6.04. The Bertz CT molecular complexity index is 758. The summed E-state index contributed by atoms with van der Waals surface area (Å²) in [6.07, 6.45) is -2.38. The maximum Gasteiger partial charge on any atom is 0.171 e. The van der Waals surface area contributed by atoms with Gasteiger partial charge in [0, 0.05) is 10.6 Å². The molecule has 0 bridgehead atoms. The molecular formula is C19H17O2PS. The second kappa shape index (κ2) is 6.99. The van der Waals surface area contributed by atoms with E-state index in [4.69, 9.17) is 21.1 Å². The van der Waals surface area contributed by atoms with Crippen LogP contribution in [0.2, 0.25) is 0 Å². The highest BCUT2D eigenvalue weighted by Crippen LogP contribution is 2.45. The molecule has 0 aliphatic heterocycles. The van der Waals surface area contributed by atoms with Gasteiger partial charge >= 0.3 is 0 Å². The molecule has 0 N–H and O–H groups in total. The molecule has 3 aromatic carbocycles. The van der Waals surface area contributed by atoms with Gasteiger partial charge in [0.1, 0.15) is 11.5 Å². The fourth-order valence-corrected chi connectivity index (χ4v) is 5.33. The Morgan fingerprint density at radius 1 is 0.652 bits per heavy atom. The van der Waals surface area contributed by atoms with Crippen molar-refractivity contribution in [3.63, 3.8) is 0 Å². The number of rotatable bonds is 5. The van der Waals surface area contributed by atoms with Crippen LogP contribution in [-0.2, 0) is 11.8 Å². The molecule has 2 nitrogen and oxygen atoms in total. The third-order valence-corrected chi connectivity index (χ3v) is 7.40. The summed E-state index contributed by atoms with van der Waals surface area (Å²) in [5.41, 5.74) is 0. The van der Waals surface area contributed by atoms with E-state index in [1.54, 1.807) is 7.11 Å². The molecule has 23 heavy (non-hydrogen) atoms. The van der Waals surface area contributed by atoms with Crippen LogP contribution >= 0.6 is 6.26 Å². The molecule has 0 heterocycles. The SMILES string of the molecule is COc1ccc(OP(=S)(c2ccccc2)c2ccccc2)cc1. The second-order valence-electron chi connectivity index (χ2n) is 4.99.